The van der Waals surface area contributed by atoms with Crippen molar-refractivity contribution in [1.29, 1.82) is 0 Å². The van der Waals surface area contributed by atoms with Gasteiger partial charge in [0.15, 0.2) is 5.78 Å². The number of allylic oxidation sites excluding steroid dienone is 1. The third-order valence-electron chi connectivity index (χ3n) is 4.18. The Bertz CT molecular complexity index is 499. The molecule has 5 unspecified atom stereocenters. The van der Waals surface area contributed by atoms with Gasteiger partial charge in [0.05, 0.1) is 12.7 Å². The Labute approximate surface area is 135 Å². The smallest absolute Gasteiger partial charge is 0.161 e. The van der Waals surface area contributed by atoms with E-state index in [1.54, 1.807) is 6.20 Å². The number of hydrogen-bond acceptors (Lipinski definition) is 7. The van der Waals surface area contributed by atoms with E-state index in [4.69, 9.17) is 4.74 Å². The molecule has 0 radical (unpaired) electrons. The summed E-state index contributed by atoms with van der Waals surface area (Å²) in [6.45, 7) is 3.50. The molecule has 7 heteroatoms. The van der Waals surface area contributed by atoms with Crippen LogP contribution in [0.2, 0.25) is 0 Å². The molecule has 0 aliphatic carbocycles. The maximum Gasteiger partial charge on any atom is 0.161 e. The molecule has 1 saturated heterocycles. The van der Waals surface area contributed by atoms with E-state index >= 15 is 0 Å². The number of aliphatic hydroxyl groups excluding tert-OH is 4. The molecule has 2 rings (SSSR count). The third-order valence-corrected chi connectivity index (χ3v) is 4.18. The van der Waals surface area contributed by atoms with Crippen molar-refractivity contribution in [1.82, 2.24) is 0 Å². The first-order valence-corrected chi connectivity index (χ1v) is 7.91. The summed E-state index contributed by atoms with van der Waals surface area (Å²) in [6, 6.07) is 0. The Hall–Kier alpha value is -1.12. The van der Waals surface area contributed by atoms with Crippen LogP contribution in [0.4, 0.5) is 0 Å². The lowest BCUT2D eigenvalue weighted by Gasteiger charge is -2.40. The second kappa shape index (κ2) is 7.63. The fourth-order valence-electron chi connectivity index (χ4n) is 2.86. The monoisotopic (exact) mass is 327 g/mol. The van der Waals surface area contributed by atoms with Crippen LogP contribution in [0.15, 0.2) is 16.8 Å². The lowest BCUT2D eigenvalue weighted by molar-refractivity contribution is -0.227. The van der Waals surface area contributed by atoms with Crippen LogP contribution in [-0.2, 0) is 9.53 Å². The van der Waals surface area contributed by atoms with Gasteiger partial charge in [0.1, 0.15) is 24.4 Å². The molecule has 7 nitrogen and oxygen atoms in total. The first-order chi connectivity index (χ1) is 10.8. The fraction of sp³-hybridized carbons (Fsp3) is 0.750. The molecule has 130 valence electrons. The van der Waals surface area contributed by atoms with Gasteiger partial charge in [-0.05, 0) is 5.92 Å². The first kappa shape index (κ1) is 18.2. The quantitative estimate of drug-likeness (QED) is 0.525. The lowest BCUT2D eigenvalue weighted by atomic mass is 9.91. The van der Waals surface area contributed by atoms with E-state index in [1.165, 1.54) is 0 Å². The standard InChI is InChI=1S/C16H25NO6/c1-8(2)3-11(19)9-4-10(17-6-9)5-12-14(20)16(22)15(21)13(7-18)23-12/h6,8,12-16,18,20-22H,3-5,7H2,1-2H3. The molecule has 23 heavy (non-hydrogen) atoms. The largest absolute Gasteiger partial charge is 0.394 e. The molecule has 0 saturated carbocycles. The predicted molar refractivity (Wildman–Crippen MR) is 83.0 cm³/mol. The normalized spacial score (nSPS) is 34.5. The fourth-order valence-corrected chi connectivity index (χ4v) is 2.86. The summed E-state index contributed by atoms with van der Waals surface area (Å²) >= 11 is 0. The minimum absolute atomic E-state index is 0.0625. The number of rotatable bonds is 6. The third kappa shape index (κ3) is 4.24. The summed E-state index contributed by atoms with van der Waals surface area (Å²) in [5.74, 6) is 0.338. The summed E-state index contributed by atoms with van der Waals surface area (Å²) in [5.41, 5.74) is 1.32. The van der Waals surface area contributed by atoms with Crippen LogP contribution in [-0.4, -0.2) is 69.0 Å². The highest BCUT2D eigenvalue weighted by Crippen LogP contribution is 2.26. The van der Waals surface area contributed by atoms with E-state index in [-0.39, 0.29) is 18.1 Å². The van der Waals surface area contributed by atoms with Crippen LogP contribution < -0.4 is 0 Å². The number of nitrogens with zero attached hydrogens (tertiary/aromatic N) is 1. The van der Waals surface area contributed by atoms with Gasteiger partial charge >= 0.3 is 0 Å². The Balaban J connectivity index is 1.92. The van der Waals surface area contributed by atoms with Crippen molar-refractivity contribution in [3.63, 3.8) is 0 Å². The Kier molecular flexibility index (Phi) is 6.05. The Morgan fingerprint density at radius 1 is 1.26 bits per heavy atom. The van der Waals surface area contributed by atoms with Crippen molar-refractivity contribution in [2.24, 2.45) is 10.9 Å². The summed E-state index contributed by atoms with van der Waals surface area (Å²) in [5, 5.41) is 38.7. The maximum atomic E-state index is 12.0. The second-order valence-electron chi connectivity index (χ2n) is 6.62. The van der Waals surface area contributed by atoms with Gasteiger partial charge in [0.2, 0.25) is 0 Å². The number of hydrogen-bond donors (Lipinski definition) is 4. The van der Waals surface area contributed by atoms with Gasteiger partial charge in [0, 0.05) is 36.7 Å². The molecule has 0 aromatic carbocycles. The molecule has 2 heterocycles. The van der Waals surface area contributed by atoms with E-state index in [1.807, 2.05) is 13.8 Å². The highest BCUT2D eigenvalue weighted by Gasteiger charge is 2.43. The lowest BCUT2D eigenvalue weighted by Crippen LogP contribution is -2.58. The van der Waals surface area contributed by atoms with Gasteiger partial charge in [-0.2, -0.15) is 0 Å². The number of Topliss-reactive ketones (excluding diaryl/α,β-unsaturated/α-hetero) is 1. The van der Waals surface area contributed by atoms with E-state index in [0.29, 0.717) is 24.1 Å². The van der Waals surface area contributed by atoms with Crippen LogP contribution in [0.25, 0.3) is 0 Å². The van der Waals surface area contributed by atoms with Gasteiger partial charge in [-0.15, -0.1) is 0 Å². The summed E-state index contributed by atoms with van der Waals surface area (Å²) in [6.07, 6.45) is -3.07. The summed E-state index contributed by atoms with van der Waals surface area (Å²) in [4.78, 5) is 16.2. The zero-order chi connectivity index (χ0) is 17.1. The minimum Gasteiger partial charge on any atom is -0.394 e. The number of aliphatic hydroxyl groups is 4. The van der Waals surface area contributed by atoms with Crippen LogP contribution in [0.5, 0.6) is 0 Å². The van der Waals surface area contributed by atoms with Gasteiger partial charge in [-0.25, -0.2) is 0 Å². The number of ketones is 1. The topological polar surface area (TPSA) is 120 Å². The van der Waals surface area contributed by atoms with Gasteiger partial charge in [0.25, 0.3) is 0 Å². The number of ether oxygens (including phenoxy) is 1. The molecule has 4 N–H and O–H groups in total. The highest BCUT2D eigenvalue weighted by atomic mass is 16.5. The predicted octanol–water partition coefficient (Wildman–Crippen LogP) is -0.437. The molecule has 0 bridgehead atoms. The number of carbonyl (C=O) groups excluding carboxylic acids is 1. The molecule has 2 aliphatic rings. The van der Waals surface area contributed by atoms with Crippen molar-refractivity contribution in [3.8, 4) is 0 Å². The van der Waals surface area contributed by atoms with E-state index in [9.17, 15) is 25.2 Å². The van der Waals surface area contributed by atoms with Crippen LogP contribution in [0.3, 0.4) is 0 Å². The van der Waals surface area contributed by atoms with Gasteiger partial charge in [-0.3, -0.25) is 9.79 Å². The van der Waals surface area contributed by atoms with Crippen molar-refractivity contribution in [2.75, 3.05) is 6.61 Å². The van der Waals surface area contributed by atoms with Gasteiger partial charge < -0.3 is 25.2 Å². The second-order valence-corrected chi connectivity index (χ2v) is 6.62. The molecule has 0 aromatic heterocycles. The molecular formula is C16H25NO6. The van der Waals surface area contributed by atoms with Crippen LogP contribution in [0.1, 0.15) is 33.1 Å². The van der Waals surface area contributed by atoms with E-state index in [0.717, 1.165) is 0 Å². The van der Waals surface area contributed by atoms with Crippen molar-refractivity contribution < 1.29 is 30.0 Å². The number of carbonyl (C=O) groups is 1. The Morgan fingerprint density at radius 2 is 1.91 bits per heavy atom. The molecule has 1 fully saturated rings. The SMILES string of the molecule is CC(C)CC(=O)C1=CN=C(CC2OC(CO)C(O)C(O)C2O)C1. The molecule has 5 atom stereocenters. The molecule has 2 aliphatic heterocycles. The van der Waals surface area contributed by atoms with E-state index < -0.39 is 37.1 Å². The number of aliphatic imine (C=N–C) groups is 1. The average molecular weight is 327 g/mol. The van der Waals surface area contributed by atoms with Crippen LogP contribution >= 0.6 is 0 Å². The highest BCUT2D eigenvalue weighted by molar-refractivity contribution is 6.04. The molecule has 0 spiro atoms. The first-order valence-electron chi connectivity index (χ1n) is 7.91. The molecular weight excluding hydrogens is 302 g/mol. The maximum absolute atomic E-state index is 12.0. The minimum atomic E-state index is -1.39. The van der Waals surface area contributed by atoms with E-state index in [2.05, 4.69) is 4.99 Å². The van der Waals surface area contributed by atoms with Crippen LogP contribution in [0, 0.1) is 5.92 Å². The van der Waals surface area contributed by atoms with Crippen molar-refractivity contribution in [2.45, 2.75) is 63.6 Å². The molecule has 0 aromatic rings. The average Bonchev–Trinajstić information content (AvgIpc) is 2.96. The van der Waals surface area contributed by atoms with Crippen molar-refractivity contribution in [3.05, 3.63) is 11.8 Å². The summed E-state index contributed by atoms with van der Waals surface area (Å²) in [7, 11) is 0. The molecule has 0 amide bonds. The zero-order valence-corrected chi connectivity index (χ0v) is 13.4. The van der Waals surface area contributed by atoms with Crippen molar-refractivity contribution >= 4 is 11.5 Å². The summed E-state index contributed by atoms with van der Waals surface area (Å²) < 4.78 is 5.45. The van der Waals surface area contributed by atoms with Gasteiger partial charge in [-0.1, -0.05) is 13.8 Å². The Morgan fingerprint density at radius 3 is 2.52 bits per heavy atom. The zero-order valence-electron chi connectivity index (χ0n) is 13.4.